The van der Waals surface area contributed by atoms with E-state index in [1.54, 1.807) is 41.5 Å². The summed E-state index contributed by atoms with van der Waals surface area (Å²) in [4.78, 5) is 34.6. The van der Waals surface area contributed by atoms with Gasteiger partial charge in [-0.1, -0.05) is 23.4 Å². The monoisotopic (exact) mass is 540 g/mol. The smallest absolute Gasteiger partial charge is 0.283 e. The summed E-state index contributed by atoms with van der Waals surface area (Å²) in [5.41, 5.74) is 1.82. The number of thioether (sulfide) groups is 1. The summed E-state index contributed by atoms with van der Waals surface area (Å²) in [5, 5.41) is 3.00. The average Bonchev–Trinajstić information content (AvgIpc) is 3.38. The van der Waals surface area contributed by atoms with Crippen LogP contribution in [-0.2, 0) is 9.59 Å². The summed E-state index contributed by atoms with van der Waals surface area (Å²) < 4.78 is 5.56. The van der Waals surface area contributed by atoms with Crippen molar-refractivity contribution in [2.75, 3.05) is 17.8 Å². The second-order valence-electron chi connectivity index (χ2n) is 10.8. The van der Waals surface area contributed by atoms with E-state index in [9.17, 15) is 9.59 Å². The van der Waals surface area contributed by atoms with E-state index < -0.39 is 0 Å². The molecule has 1 aliphatic heterocycles. The maximum atomic E-state index is 13.7. The molecule has 4 bridgehead atoms. The van der Waals surface area contributed by atoms with Crippen LogP contribution < -0.4 is 9.64 Å². The van der Waals surface area contributed by atoms with Crippen LogP contribution in [0, 0.1) is 30.1 Å². The number of rotatable bonds is 6. The summed E-state index contributed by atoms with van der Waals surface area (Å²) >= 11 is 9.25. The normalized spacial score (nSPS) is 29.8. The minimum Gasteiger partial charge on any atom is -0.495 e. The first-order valence-electron chi connectivity index (χ1n) is 12.5. The second-order valence-corrected chi connectivity index (χ2v) is 13.1. The quantitative estimate of drug-likeness (QED) is 0.371. The molecule has 1 aromatic carbocycles. The van der Waals surface area contributed by atoms with Crippen molar-refractivity contribution in [1.29, 1.82) is 0 Å². The molecule has 0 saturated heterocycles. The molecule has 2 heterocycles. The van der Waals surface area contributed by atoms with E-state index in [1.165, 1.54) is 31.0 Å². The molecular weight excluding hydrogens is 512 g/mol. The van der Waals surface area contributed by atoms with E-state index in [4.69, 9.17) is 21.3 Å². The van der Waals surface area contributed by atoms with Crippen LogP contribution in [0.3, 0.4) is 0 Å². The zero-order valence-corrected chi connectivity index (χ0v) is 22.8. The minimum absolute atomic E-state index is 0.170. The average molecular weight is 541 g/mol. The molecule has 2 aromatic rings. The van der Waals surface area contributed by atoms with Gasteiger partial charge in [0.15, 0.2) is 5.17 Å². The van der Waals surface area contributed by atoms with Crippen LogP contribution in [0.15, 0.2) is 40.3 Å². The van der Waals surface area contributed by atoms with E-state index in [-0.39, 0.29) is 11.3 Å². The molecule has 4 saturated carbocycles. The highest BCUT2D eigenvalue weighted by Crippen LogP contribution is 2.60. The highest BCUT2D eigenvalue weighted by atomic mass is 35.5. The first-order valence-corrected chi connectivity index (χ1v) is 14.8. The molecule has 1 aromatic heterocycles. The van der Waals surface area contributed by atoms with Crippen molar-refractivity contribution in [2.24, 2.45) is 28.2 Å². The molecule has 8 heteroatoms. The third-order valence-corrected chi connectivity index (χ3v) is 10.5. The fourth-order valence-corrected chi connectivity index (χ4v) is 9.09. The Balaban J connectivity index is 1.30. The number of hydrogen-bond acceptors (Lipinski definition) is 6. The third-order valence-electron chi connectivity index (χ3n) is 8.34. The van der Waals surface area contributed by atoms with Crippen molar-refractivity contribution >= 4 is 63.3 Å². The van der Waals surface area contributed by atoms with Gasteiger partial charge in [0.25, 0.3) is 5.91 Å². The maximum absolute atomic E-state index is 13.7. The number of thiophene rings is 1. The fraction of sp³-hybridized carbons (Fsp3) is 0.464. The molecule has 0 atom stereocenters. The highest BCUT2D eigenvalue weighted by Gasteiger charge is 2.54. The van der Waals surface area contributed by atoms with Gasteiger partial charge in [-0.05, 0) is 104 Å². The van der Waals surface area contributed by atoms with Crippen LogP contribution in [0.25, 0.3) is 6.08 Å². The summed E-state index contributed by atoms with van der Waals surface area (Å²) in [6.45, 7) is 2.02. The lowest BCUT2D eigenvalue weighted by Gasteiger charge is -2.56. The lowest BCUT2D eigenvalue weighted by molar-refractivity contribution is -0.141. The molecule has 0 radical (unpaired) electrons. The van der Waals surface area contributed by atoms with Crippen LogP contribution in [-0.4, -0.2) is 29.7 Å². The van der Waals surface area contributed by atoms with Crippen molar-refractivity contribution in [3.8, 4) is 5.75 Å². The number of carbonyl (C=O) groups is 2. The van der Waals surface area contributed by atoms with Gasteiger partial charge in [-0.2, -0.15) is 0 Å². The van der Waals surface area contributed by atoms with Crippen molar-refractivity contribution in [1.82, 2.24) is 0 Å². The van der Waals surface area contributed by atoms with E-state index in [0.29, 0.717) is 56.6 Å². The van der Waals surface area contributed by atoms with Gasteiger partial charge in [-0.3, -0.25) is 9.59 Å². The standard InChI is InChI=1S/C28H29ClN2O3S2/c1-16-5-6-35-24(16)11-21-26(33)31(22-10-20(29)3-4-23(22)34-2)27(30-21)36-15-25(32)28-12-17-7-18(13-28)9-19(8-17)14-28/h3-6,10-11,17-19H,7-9,12-15H2,1-2H3. The number of benzene rings is 1. The summed E-state index contributed by atoms with van der Waals surface area (Å²) in [6, 6.07) is 7.22. The van der Waals surface area contributed by atoms with Crippen molar-refractivity contribution < 1.29 is 14.3 Å². The molecule has 0 N–H and O–H groups in total. The van der Waals surface area contributed by atoms with Gasteiger partial charge >= 0.3 is 0 Å². The van der Waals surface area contributed by atoms with Crippen LogP contribution in [0.5, 0.6) is 5.75 Å². The molecule has 7 rings (SSSR count). The molecule has 36 heavy (non-hydrogen) atoms. The summed E-state index contributed by atoms with van der Waals surface area (Å²) in [7, 11) is 1.57. The number of aryl methyl sites for hydroxylation is 1. The first kappa shape index (κ1) is 24.3. The zero-order valence-electron chi connectivity index (χ0n) is 20.5. The summed E-state index contributed by atoms with van der Waals surface area (Å²) in [6.07, 6.45) is 8.87. The van der Waals surface area contributed by atoms with Crippen molar-refractivity contribution in [2.45, 2.75) is 45.4 Å². The number of amidine groups is 1. The topological polar surface area (TPSA) is 59.0 Å². The molecule has 4 aliphatic carbocycles. The Hall–Kier alpha value is -2.09. The predicted molar refractivity (Wildman–Crippen MR) is 148 cm³/mol. The lowest BCUT2D eigenvalue weighted by Crippen LogP contribution is -2.50. The molecule has 1 amide bonds. The summed E-state index contributed by atoms with van der Waals surface area (Å²) in [5.74, 6) is 3.08. The van der Waals surface area contributed by atoms with Crippen LogP contribution in [0.1, 0.15) is 49.0 Å². The number of halogens is 1. The van der Waals surface area contributed by atoms with Gasteiger partial charge in [0.1, 0.15) is 17.2 Å². The molecular formula is C28H29ClN2O3S2. The van der Waals surface area contributed by atoms with Gasteiger partial charge in [0.05, 0.1) is 18.6 Å². The Kier molecular flexibility index (Phi) is 6.29. The van der Waals surface area contributed by atoms with Gasteiger partial charge in [-0.15, -0.1) is 11.3 Å². The Bertz CT molecular complexity index is 1260. The maximum Gasteiger partial charge on any atom is 0.283 e. The zero-order chi connectivity index (χ0) is 25.0. The van der Waals surface area contributed by atoms with Gasteiger partial charge in [0.2, 0.25) is 0 Å². The highest BCUT2D eigenvalue weighted by molar-refractivity contribution is 8.14. The first-order chi connectivity index (χ1) is 17.3. The number of ether oxygens (including phenoxy) is 1. The number of amides is 1. The van der Waals surface area contributed by atoms with Crippen LogP contribution in [0.2, 0.25) is 5.02 Å². The van der Waals surface area contributed by atoms with E-state index in [1.807, 2.05) is 24.4 Å². The van der Waals surface area contributed by atoms with Crippen molar-refractivity contribution in [3.63, 3.8) is 0 Å². The molecule has 5 aliphatic rings. The number of anilines is 1. The number of carbonyl (C=O) groups excluding carboxylic acids is 2. The SMILES string of the molecule is COc1ccc(Cl)cc1N1C(=O)C(=Cc2sccc2C)N=C1SCC(=O)C12CC3CC(CC(C3)C1)C2. The number of ketones is 1. The van der Waals surface area contributed by atoms with Gasteiger partial charge < -0.3 is 4.74 Å². The number of hydrogen-bond donors (Lipinski definition) is 0. The van der Waals surface area contributed by atoms with E-state index in [2.05, 4.69) is 0 Å². The molecule has 188 valence electrons. The Labute approximate surface area is 225 Å². The molecule has 4 fully saturated rings. The Morgan fingerprint density at radius 3 is 2.53 bits per heavy atom. The predicted octanol–water partition coefficient (Wildman–Crippen LogP) is 6.98. The number of nitrogens with zero attached hydrogens (tertiary/aromatic N) is 2. The Morgan fingerprint density at radius 2 is 1.92 bits per heavy atom. The molecule has 0 spiro atoms. The molecule has 5 nitrogen and oxygen atoms in total. The second kappa shape index (κ2) is 9.34. The molecule has 0 unspecified atom stereocenters. The number of aliphatic imine (C=N–C) groups is 1. The van der Waals surface area contributed by atoms with E-state index >= 15 is 0 Å². The largest absolute Gasteiger partial charge is 0.495 e. The van der Waals surface area contributed by atoms with E-state index in [0.717, 1.165) is 29.7 Å². The lowest BCUT2D eigenvalue weighted by atomic mass is 9.48. The number of methoxy groups -OCH3 is 1. The number of Topliss-reactive ketones (excluding diaryl/α,β-unsaturated/α-hetero) is 1. The van der Waals surface area contributed by atoms with Gasteiger partial charge in [-0.25, -0.2) is 9.89 Å². The Morgan fingerprint density at radius 1 is 1.22 bits per heavy atom. The van der Waals surface area contributed by atoms with Crippen LogP contribution >= 0.6 is 34.7 Å². The minimum atomic E-state index is -0.242. The third kappa shape index (κ3) is 4.23. The van der Waals surface area contributed by atoms with Crippen LogP contribution in [0.4, 0.5) is 5.69 Å². The van der Waals surface area contributed by atoms with Crippen molar-refractivity contribution in [3.05, 3.63) is 50.8 Å². The van der Waals surface area contributed by atoms with Gasteiger partial charge in [0, 0.05) is 15.3 Å². The fourth-order valence-electron chi connectivity index (χ4n) is 7.04.